The summed E-state index contributed by atoms with van der Waals surface area (Å²) < 4.78 is 10.7. The van der Waals surface area contributed by atoms with E-state index in [4.69, 9.17) is 21.1 Å². The van der Waals surface area contributed by atoms with Crippen molar-refractivity contribution in [3.05, 3.63) is 52.0 Å². The van der Waals surface area contributed by atoms with Crippen molar-refractivity contribution in [3.63, 3.8) is 0 Å². The predicted octanol–water partition coefficient (Wildman–Crippen LogP) is 4.55. The van der Waals surface area contributed by atoms with Gasteiger partial charge in [-0.2, -0.15) is 0 Å². The molecule has 3 rings (SSSR count). The molecular formula is C17H18ClNO2. The Hall–Kier alpha value is -1.87. The van der Waals surface area contributed by atoms with Crippen LogP contribution in [0.1, 0.15) is 23.6 Å². The van der Waals surface area contributed by atoms with Gasteiger partial charge in [0.2, 0.25) is 6.79 Å². The van der Waals surface area contributed by atoms with Crippen molar-refractivity contribution in [2.24, 2.45) is 0 Å². The number of nitrogens with one attached hydrogen (secondary N) is 1. The molecule has 0 spiro atoms. The van der Waals surface area contributed by atoms with Crippen molar-refractivity contribution >= 4 is 17.3 Å². The summed E-state index contributed by atoms with van der Waals surface area (Å²) in [6.07, 6.45) is 1.01. The van der Waals surface area contributed by atoms with E-state index in [1.165, 1.54) is 16.8 Å². The summed E-state index contributed by atoms with van der Waals surface area (Å²) in [7, 11) is 0. The quantitative estimate of drug-likeness (QED) is 0.898. The van der Waals surface area contributed by atoms with E-state index < -0.39 is 0 Å². The SMILES string of the molecule is CCc1cccc(C)c1NCc1cc(Cl)c2c(c1)OCO2. The summed E-state index contributed by atoms with van der Waals surface area (Å²) in [5.74, 6) is 1.37. The highest BCUT2D eigenvalue weighted by Crippen LogP contribution is 2.40. The minimum atomic E-state index is 0.240. The van der Waals surface area contributed by atoms with E-state index in [0.717, 1.165) is 17.7 Å². The van der Waals surface area contributed by atoms with E-state index >= 15 is 0 Å². The highest BCUT2D eigenvalue weighted by atomic mass is 35.5. The zero-order chi connectivity index (χ0) is 14.8. The largest absolute Gasteiger partial charge is 0.454 e. The van der Waals surface area contributed by atoms with Gasteiger partial charge in [-0.1, -0.05) is 36.7 Å². The summed E-state index contributed by atoms with van der Waals surface area (Å²) in [5, 5.41) is 4.11. The summed E-state index contributed by atoms with van der Waals surface area (Å²) >= 11 is 6.21. The van der Waals surface area contributed by atoms with Crippen molar-refractivity contribution in [2.75, 3.05) is 12.1 Å². The van der Waals surface area contributed by atoms with Gasteiger partial charge < -0.3 is 14.8 Å². The molecule has 0 radical (unpaired) electrons. The molecule has 0 amide bonds. The Morgan fingerprint density at radius 3 is 2.90 bits per heavy atom. The molecule has 0 unspecified atom stereocenters. The summed E-state index contributed by atoms with van der Waals surface area (Å²) in [4.78, 5) is 0. The fraction of sp³-hybridized carbons (Fsp3) is 0.294. The summed E-state index contributed by atoms with van der Waals surface area (Å²) in [6, 6.07) is 10.3. The minimum Gasteiger partial charge on any atom is -0.454 e. The van der Waals surface area contributed by atoms with Gasteiger partial charge in [0, 0.05) is 12.2 Å². The van der Waals surface area contributed by atoms with E-state index in [9.17, 15) is 0 Å². The molecule has 0 saturated heterocycles. The number of anilines is 1. The van der Waals surface area contributed by atoms with Crippen LogP contribution in [0.3, 0.4) is 0 Å². The molecule has 0 saturated carbocycles. The van der Waals surface area contributed by atoms with Crippen molar-refractivity contribution in [3.8, 4) is 11.5 Å². The normalized spacial score (nSPS) is 12.5. The van der Waals surface area contributed by atoms with Crippen LogP contribution in [0.4, 0.5) is 5.69 Å². The van der Waals surface area contributed by atoms with Crippen molar-refractivity contribution in [2.45, 2.75) is 26.8 Å². The maximum atomic E-state index is 6.21. The minimum absolute atomic E-state index is 0.240. The number of rotatable bonds is 4. The molecule has 2 aromatic rings. The van der Waals surface area contributed by atoms with Crippen LogP contribution in [-0.2, 0) is 13.0 Å². The van der Waals surface area contributed by atoms with Gasteiger partial charge in [-0.05, 0) is 42.2 Å². The molecule has 1 heterocycles. The Morgan fingerprint density at radius 1 is 1.24 bits per heavy atom. The van der Waals surface area contributed by atoms with Crippen molar-refractivity contribution < 1.29 is 9.47 Å². The van der Waals surface area contributed by atoms with E-state index in [-0.39, 0.29) is 6.79 Å². The third-order valence-corrected chi connectivity index (χ3v) is 3.98. The molecule has 3 nitrogen and oxygen atoms in total. The van der Waals surface area contributed by atoms with Crippen LogP contribution in [0.25, 0.3) is 0 Å². The lowest BCUT2D eigenvalue weighted by molar-refractivity contribution is 0.174. The summed E-state index contributed by atoms with van der Waals surface area (Å²) in [5.41, 5.74) is 4.85. The van der Waals surface area contributed by atoms with Gasteiger partial charge in [0.1, 0.15) is 0 Å². The molecule has 1 aliphatic heterocycles. The van der Waals surface area contributed by atoms with Gasteiger partial charge in [-0.25, -0.2) is 0 Å². The number of hydrogen-bond acceptors (Lipinski definition) is 3. The number of fused-ring (bicyclic) bond motifs is 1. The lowest BCUT2D eigenvalue weighted by atomic mass is 10.1. The lowest BCUT2D eigenvalue weighted by Gasteiger charge is -2.14. The maximum Gasteiger partial charge on any atom is 0.231 e. The molecule has 4 heteroatoms. The van der Waals surface area contributed by atoms with Gasteiger partial charge in [0.25, 0.3) is 0 Å². The number of halogens is 1. The Labute approximate surface area is 129 Å². The second-order valence-electron chi connectivity index (χ2n) is 5.13. The third-order valence-electron chi connectivity index (χ3n) is 3.70. The van der Waals surface area contributed by atoms with E-state index in [2.05, 4.69) is 37.4 Å². The first-order valence-electron chi connectivity index (χ1n) is 7.09. The molecule has 1 N–H and O–H groups in total. The Bertz CT molecular complexity index is 670. The van der Waals surface area contributed by atoms with Gasteiger partial charge in [-0.3, -0.25) is 0 Å². The first-order chi connectivity index (χ1) is 10.2. The highest BCUT2D eigenvalue weighted by Gasteiger charge is 2.18. The summed E-state index contributed by atoms with van der Waals surface area (Å²) in [6.45, 7) is 5.23. The molecule has 0 fully saturated rings. The monoisotopic (exact) mass is 303 g/mol. The zero-order valence-corrected chi connectivity index (χ0v) is 13.0. The standard InChI is InChI=1S/C17H18ClNO2/c1-3-13-6-4-5-11(2)16(13)19-9-12-7-14(18)17-15(8-12)20-10-21-17/h4-8,19H,3,9-10H2,1-2H3. The Kier molecular flexibility index (Phi) is 3.93. The first-order valence-corrected chi connectivity index (χ1v) is 7.47. The smallest absolute Gasteiger partial charge is 0.231 e. The van der Waals surface area contributed by atoms with E-state index in [1.807, 2.05) is 12.1 Å². The van der Waals surface area contributed by atoms with Crippen LogP contribution in [0, 0.1) is 6.92 Å². The molecule has 1 aliphatic rings. The zero-order valence-electron chi connectivity index (χ0n) is 12.2. The van der Waals surface area contributed by atoms with E-state index in [1.54, 1.807) is 0 Å². The second-order valence-corrected chi connectivity index (χ2v) is 5.53. The molecular weight excluding hydrogens is 286 g/mol. The fourth-order valence-electron chi connectivity index (χ4n) is 2.59. The average molecular weight is 304 g/mol. The van der Waals surface area contributed by atoms with Crippen molar-refractivity contribution in [1.29, 1.82) is 0 Å². The van der Waals surface area contributed by atoms with Crippen LogP contribution in [0.2, 0.25) is 5.02 Å². The highest BCUT2D eigenvalue weighted by molar-refractivity contribution is 6.32. The lowest BCUT2D eigenvalue weighted by Crippen LogP contribution is -2.04. The molecule has 2 aromatic carbocycles. The van der Waals surface area contributed by atoms with Gasteiger partial charge in [0.15, 0.2) is 11.5 Å². The molecule has 21 heavy (non-hydrogen) atoms. The Morgan fingerprint density at radius 2 is 2.10 bits per heavy atom. The third kappa shape index (κ3) is 2.79. The number of ether oxygens (including phenoxy) is 2. The Balaban J connectivity index is 1.81. The molecule has 0 atom stereocenters. The van der Waals surface area contributed by atoms with E-state index in [0.29, 0.717) is 17.3 Å². The second kappa shape index (κ2) is 5.86. The van der Waals surface area contributed by atoms with Crippen LogP contribution in [-0.4, -0.2) is 6.79 Å². The number of para-hydroxylation sites is 1. The topological polar surface area (TPSA) is 30.5 Å². The number of hydrogen-bond donors (Lipinski definition) is 1. The molecule has 110 valence electrons. The van der Waals surface area contributed by atoms with Crippen LogP contribution < -0.4 is 14.8 Å². The molecule has 0 bridgehead atoms. The first kappa shape index (κ1) is 14.1. The van der Waals surface area contributed by atoms with Crippen molar-refractivity contribution in [1.82, 2.24) is 0 Å². The maximum absolute atomic E-state index is 6.21. The van der Waals surface area contributed by atoms with Crippen LogP contribution in [0.5, 0.6) is 11.5 Å². The fourth-order valence-corrected chi connectivity index (χ4v) is 2.88. The predicted molar refractivity (Wildman–Crippen MR) is 85.5 cm³/mol. The molecule has 0 aliphatic carbocycles. The number of benzene rings is 2. The average Bonchev–Trinajstić information content (AvgIpc) is 2.94. The van der Waals surface area contributed by atoms with Crippen LogP contribution in [0.15, 0.2) is 30.3 Å². The van der Waals surface area contributed by atoms with Crippen LogP contribution >= 0.6 is 11.6 Å². The molecule has 0 aromatic heterocycles. The van der Waals surface area contributed by atoms with Gasteiger partial charge in [0.05, 0.1) is 5.02 Å². The van der Waals surface area contributed by atoms with Gasteiger partial charge >= 0.3 is 0 Å². The number of aryl methyl sites for hydroxylation is 2. The van der Waals surface area contributed by atoms with Gasteiger partial charge in [-0.15, -0.1) is 0 Å².